The predicted octanol–water partition coefficient (Wildman–Crippen LogP) is 4.73. The first-order valence-corrected chi connectivity index (χ1v) is 12.2. The third-order valence-electron chi connectivity index (χ3n) is 6.75. The van der Waals surface area contributed by atoms with Gasteiger partial charge in [0.25, 0.3) is 0 Å². The van der Waals surface area contributed by atoms with E-state index in [9.17, 15) is 9.59 Å². The van der Waals surface area contributed by atoms with Crippen molar-refractivity contribution in [2.24, 2.45) is 0 Å². The van der Waals surface area contributed by atoms with Crippen molar-refractivity contribution < 1.29 is 14.3 Å². The first-order valence-electron chi connectivity index (χ1n) is 12.2. The van der Waals surface area contributed by atoms with Gasteiger partial charge in [0.15, 0.2) is 6.04 Å². The van der Waals surface area contributed by atoms with Crippen LogP contribution in [-0.4, -0.2) is 40.3 Å². The van der Waals surface area contributed by atoms with Crippen molar-refractivity contribution in [3.05, 3.63) is 119 Å². The Kier molecular flexibility index (Phi) is 7.05. The lowest BCUT2D eigenvalue weighted by atomic mass is 10.0. The van der Waals surface area contributed by atoms with Crippen molar-refractivity contribution in [3.8, 4) is 0 Å². The number of amides is 1. The summed E-state index contributed by atoms with van der Waals surface area (Å²) in [5.74, 6) is -0.307. The Bertz CT molecular complexity index is 1140. The third-order valence-corrected chi connectivity index (χ3v) is 6.75. The maximum Gasteiger partial charge on any atom is 0.333 e. The number of esters is 1. The number of rotatable bonds is 9. The van der Waals surface area contributed by atoms with Crippen molar-refractivity contribution in [1.29, 1.82) is 0 Å². The molecule has 0 bridgehead atoms. The summed E-state index contributed by atoms with van der Waals surface area (Å²) in [5.41, 5.74) is 4.41. The number of carbonyl (C=O) groups excluding carboxylic acids is 2. The average molecular weight is 467 g/mol. The Morgan fingerprint density at radius 2 is 1.37 bits per heavy atom. The highest BCUT2D eigenvalue weighted by Crippen LogP contribution is 2.39. The van der Waals surface area contributed by atoms with Gasteiger partial charge in [0.05, 0.1) is 0 Å². The summed E-state index contributed by atoms with van der Waals surface area (Å²) in [6.07, 6.45) is 3.39. The zero-order chi connectivity index (χ0) is 24.0. The van der Waals surface area contributed by atoms with E-state index in [4.69, 9.17) is 4.74 Å². The molecule has 0 saturated carbocycles. The maximum atomic E-state index is 13.1. The van der Waals surface area contributed by atoms with Crippen LogP contribution in [-0.2, 0) is 34.0 Å². The van der Waals surface area contributed by atoms with Crippen LogP contribution in [0, 0.1) is 0 Å². The lowest BCUT2D eigenvalue weighted by Gasteiger charge is -2.37. The van der Waals surface area contributed by atoms with Gasteiger partial charge in [-0.2, -0.15) is 0 Å². The van der Waals surface area contributed by atoms with E-state index < -0.39 is 6.04 Å². The molecule has 2 aliphatic rings. The van der Waals surface area contributed by atoms with Gasteiger partial charge in [0.1, 0.15) is 6.61 Å². The van der Waals surface area contributed by atoms with E-state index >= 15 is 0 Å². The number of hydrogen-bond donors (Lipinski definition) is 0. The predicted molar refractivity (Wildman–Crippen MR) is 135 cm³/mol. The SMILES string of the molecule is O=C(OCc1ccccc1)C1/C(=C\CN(Cc2ccccc2)Cc2ccccc2)CC2CC(=O)N21. The lowest BCUT2D eigenvalue weighted by molar-refractivity contribution is -0.160. The molecule has 0 spiro atoms. The summed E-state index contributed by atoms with van der Waals surface area (Å²) in [6.45, 7) is 2.50. The van der Waals surface area contributed by atoms with E-state index in [1.165, 1.54) is 11.1 Å². The fraction of sp³-hybridized carbons (Fsp3) is 0.267. The van der Waals surface area contributed by atoms with Crippen LogP contribution in [0.15, 0.2) is 103 Å². The van der Waals surface area contributed by atoms with Gasteiger partial charge >= 0.3 is 5.97 Å². The minimum absolute atomic E-state index is 0.0329. The third kappa shape index (κ3) is 5.52. The van der Waals surface area contributed by atoms with Gasteiger partial charge in [-0.05, 0) is 28.7 Å². The molecule has 2 atom stereocenters. The van der Waals surface area contributed by atoms with Crippen molar-refractivity contribution in [1.82, 2.24) is 9.80 Å². The second kappa shape index (κ2) is 10.7. The fourth-order valence-corrected chi connectivity index (χ4v) is 4.97. The van der Waals surface area contributed by atoms with Crippen LogP contribution in [0.2, 0.25) is 0 Å². The van der Waals surface area contributed by atoms with Gasteiger partial charge in [-0.1, -0.05) is 97.1 Å². The number of β-lactam (4-membered cyclic amide) rings is 1. The summed E-state index contributed by atoms with van der Waals surface area (Å²) in [7, 11) is 0. The quantitative estimate of drug-likeness (QED) is 0.260. The van der Waals surface area contributed by atoms with Crippen LogP contribution >= 0.6 is 0 Å². The largest absolute Gasteiger partial charge is 0.459 e. The van der Waals surface area contributed by atoms with Gasteiger partial charge in [-0.15, -0.1) is 0 Å². The van der Waals surface area contributed by atoms with Gasteiger partial charge in [-0.3, -0.25) is 9.69 Å². The number of hydrogen-bond acceptors (Lipinski definition) is 4. The molecule has 3 aromatic rings. The Hall–Kier alpha value is -3.70. The molecule has 5 heteroatoms. The van der Waals surface area contributed by atoms with E-state index in [0.29, 0.717) is 13.0 Å². The molecule has 1 amide bonds. The molecule has 0 N–H and O–H groups in total. The molecule has 35 heavy (non-hydrogen) atoms. The molecule has 3 aromatic carbocycles. The Morgan fingerprint density at radius 3 is 1.91 bits per heavy atom. The van der Waals surface area contributed by atoms with Crippen LogP contribution in [0.1, 0.15) is 29.5 Å². The van der Waals surface area contributed by atoms with E-state index in [2.05, 4.69) is 59.5 Å². The monoisotopic (exact) mass is 466 g/mol. The van der Waals surface area contributed by atoms with Gasteiger partial charge in [0.2, 0.25) is 5.91 Å². The Balaban J connectivity index is 1.32. The molecule has 5 nitrogen and oxygen atoms in total. The van der Waals surface area contributed by atoms with Gasteiger partial charge in [0, 0.05) is 32.1 Å². The molecule has 0 aromatic heterocycles. The van der Waals surface area contributed by atoms with Gasteiger partial charge in [-0.25, -0.2) is 4.79 Å². The van der Waals surface area contributed by atoms with Gasteiger partial charge < -0.3 is 9.64 Å². The molecule has 2 unspecified atom stereocenters. The molecular weight excluding hydrogens is 436 g/mol. The van der Waals surface area contributed by atoms with Crippen molar-refractivity contribution in [2.75, 3.05) is 6.54 Å². The van der Waals surface area contributed by atoms with Crippen LogP contribution in [0.5, 0.6) is 0 Å². The molecule has 5 rings (SSSR count). The minimum atomic E-state index is -0.611. The van der Waals surface area contributed by atoms with E-state index in [1.54, 1.807) is 4.90 Å². The number of fused-ring (bicyclic) bond motifs is 1. The topological polar surface area (TPSA) is 49.9 Å². The number of ether oxygens (including phenoxy) is 1. The maximum absolute atomic E-state index is 13.1. The smallest absolute Gasteiger partial charge is 0.333 e. The van der Waals surface area contributed by atoms with Crippen LogP contribution in [0.3, 0.4) is 0 Å². The highest BCUT2D eigenvalue weighted by atomic mass is 16.5. The molecule has 0 radical (unpaired) electrons. The average Bonchev–Trinajstić information content (AvgIpc) is 3.19. The van der Waals surface area contributed by atoms with E-state index in [1.807, 2.05) is 42.5 Å². The number of benzene rings is 3. The molecular formula is C30H30N2O3. The second-order valence-electron chi connectivity index (χ2n) is 9.28. The van der Waals surface area contributed by atoms with Crippen LogP contribution in [0.25, 0.3) is 0 Å². The zero-order valence-corrected chi connectivity index (χ0v) is 19.8. The van der Waals surface area contributed by atoms with E-state index in [-0.39, 0.29) is 24.5 Å². The summed E-state index contributed by atoms with van der Waals surface area (Å²) < 4.78 is 5.65. The lowest BCUT2D eigenvalue weighted by Crippen LogP contribution is -2.54. The molecule has 2 heterocycles. The number of carbonyl (C=O) groups is 2. The molecule has 2 fully saturated rings. The minimum Gasteiger partial charge on any atom is -0.459 e. The summed E-state index contributed by atoms with van der Waals surface area (Å²) in [5, 5.41) is 0. The first kappa shape index (κ1) is 23.1. The molecule has 2 aliphatic heterocycles. The standard InChI is InChI=1S/C30H30N2O3/c33-28-19-27-18-26(29(32(27)28)30(34)35-22-25-14-8-3-9-15-25)16-17-31(20-23-10-4-1-5-11-23)21-24-12-6-2-7-13-24/h1-16,27,29H,17-22H2/b26-16-. The molecule has 178 valence electrons. The second-order valence-corrected chi connectivity index (χ2v) is 9.28. The van der Waals surface area contributed by atoms with Crippen LogP contribution < -0.4 is 0 Å². The van der Waals surface area contributed by atoms with Crippen molar-refractivity contribution in [2.45, 2.75) is 44.6 Å². The Labute approximate surface area is 206 Å². The normalized spacial score (nSPS) is 20.1. The fourth-order valence-electron chi connectivity index (χ4n) is 4.97. The highest BCUT2D eigenvalue weighted by Gasteiger charge is 2.51. The number of nitrogens with zero attached hydrogens (tertiary/aromatic N) is 2. The first-order chi connectivity index (χ1) is 17.2. The highest BCUT2D eigenvalue weighted by molar-refractivity contribution is 5.93. The van der Waals surface area contributed by atoms with Crippen LogP contribution in [0.4, 0.5) is 0 Å². The van der Waals surface area contributed by atoms with E-state index in [0.717, 1.165) is 30.6 Å². The van der Waals surface area contributed by atoms with Crippen molar-refractivity contribution >= 4 is 11.9 Å². The zero-order valence-electron chi connectivity index (χ0n) is 19.8. The summed E-state index contributed by atoms with van der Waals surface area (Å²) in [4.78, 5) is 29.6. The summed E-state index contributed by atoms with van der Waals surface area (Å²) in [6, 6.07) is 30.0. The molecule has 2 saturated heterocycles. The summed E-state index contributed by atoms with van der Waals surface area (Å²) >= 11 is 0. The molecule has 0 aliphatic carbocycles. The van der Waals surface area contributed by atoms with Crippen molar-refractivity contribution in [3.63, 3.8) is 0 Å². The Morgan fingerprint density at radius 1 is 0.829 bits per heavy atom.